The van der Waals surface area contributed by atoms with Crippen LogP contribution < -0.4 is 10.5 Å². The van der Waals surface area contributed by atoms with E-state index < -0.39 is 11.9 Å². The zero-order chi connectivity index (χ0) is 19.1. The molecule has 3 aromatic rings. The van der Waals surface area contributed by atoms with Gasteiger partial charge in [0.2, 0.25) is 5.88 Å². The van der Waals surface area contributed by atoms with Crippen molar-refractivity contribution in [1.82, 2.24) is 0 Å². The molecule has 0 fully saturated rings. The summed E-state index contributed by atoms with van der Waals surface area (Å²) in [5.74, 6) is -0.492. The molecule has 0 saturated carbocycles. The van der Waals surface area contributed by atoms with Crippen LogP contribution in [-0.4, -0.2) is 13.1 Å². The summed E-state index contributed by atoms with van der Waals surface area (Å²) in [6, 6.07) is 16.9. The van der Waals surface area contributed by atoms with Gasteiger partial charge in [0.25, 0.3) is 0 Å². The van der Waals surface area contributed by atoms with Gasteiger partial charge in [0.15, 0.2) is 0 Å². The number of ether oxygens (including phenoxy) is 2. The van der Waals surface area contributed by atoms with E-state index in [0.717, 1.165) is 16.3 Å². The Morgan fingerprint density at radius 3 is 2.56 bits per heavy atom. The van der Waals surface area contributed by atoms with E-state index in [-0.39, 0.29) is 11.5 Å². The number of rotatable bonds is 2. The highest BCUT2D eigenvalue weighted by Crippen LogP contribution is 2.47. The van der Waals surface area contributed by atoms with Gasteiger partial charge in [-0.25, -0.2) is 4.79 Å². The second-order valence-electron chi connectivity index (χ2n) is 6.18. The molecule has 1 heterocycles. The van der Waals surface area contributed by atoms with Crippen molar-refractivity contribution in [3.05, 3.63) is 87.2 Å². The third-order valence-electron chi connectivity index (χ3n) is 4.67. The second-order valence-corrected chi connectivity index (χ2v) is 7.02. The monoisotopic (exact) mass is 399 g/mol. The predicted octanol–water partition coefficient (Wildman–Crippen LogP) is 5.01. The fraction of sp³-hybridized carbons (Fsp3) is 0.0952. The van der Waals surface area contributed by atoms with E-state index in [9.17, 15) is 4.79 Å². The SMILES string of the molecule is COC(=O)C1=C(N)Oc2c(ccc3ccccc23)C1c1ccc(Cl)cc1Cl. The maximum absolute atomic E-state index is 12.5. The highest BCUT2D eigenvalue weighted by Gasteiger charge is 2.37. The van der Waals surface area contributed by atoms with Crippen molar-refractivity contribution < 1.29 is 14.3 Å². The highest BCUT2D eigenvalue weighted by atomic mass is 35.5. The Hall–Kier alpha value is -2.69. The Balaban J connectivity index is 2.03. The van der Waals surface area contributed by atoms with E-state index in [2.05, 4.69) is 0 Å². The number of halogens is 2. The summed E-state index contributed by atoms with van der Waals surface area (Å²) < 4.78 is 10.8. The predicted molar refractivity (Wildman–Crippen MR) is 106 cm³/mol. The minimum Gasteiger partial charge on any atom is -0.465 e. The molecule has 0 spiro atoms. The lowest BCUT2D eigenvalue weighted by Gasteiger charge is -2.29. The molecule has 4 nitrogen and oxygen atoms in total. The van der Waals surface area contributed by atoms with Gasteiger partial charge in [-0.05, 0) is 23.1 Å². The van der Waals surface area contributed by atoms with Crippen LogP contribution in [-0.2, 0) is 9.53 Å². The highest BCUT2D eigenvalue weighted by molar-refractivity contribution is 6.35. The summed E-state index contributed by atoms with van der Waals surface area (Å²) in [6.07, 6.45) is 0. The molecule has 0 aliphatic carbocycles. The summed E-state index contributed by atoms with van der Waals surface area (Å²) in [7, 11) is 1.30. The maximum Gasteiger partial charge on any atom is 0.340 e. The largest absolute Gasteiger partial charge is 0.465 e. The average molecular weight is 400 g/mol. The van der Waals surface area contributed by atoms with Gasteiger partial charge < -0.3 is 15.2 Å². The Bertz CT molecular complexity index is 1110. The van der Waals surface area contributed by atoms with E-state index in [1.165, 1.54) is 7.11 Å². The van der Waals surface area contributed by atoms with Gasteiger partial charge in [-0.1, -0.05) is 65.7 Å². The lowest BCUT2D eigenvalue weighted by Crippen LogP contribution is -2.27. The first kappa shape index (κ1) is 17.7. The second kappa shape index (κ2) is 6.80. The van der Waals surface area contributed by atoms with Crippen LogP contribution in [0.4, 0.5) is 0 Å². The number of carbonyl (C=O) groups is 1. The summed E-state index contributed by atoms with van der Waals surface area (Å²) in [5, 5.41) is 2.84. The molecule has 2 N–H and O–H groups in total. The van der Waals surface area contributed by atoms with Crippen LogP contribution in [0.3, 0.4) is 0 Å². The van der Waals surface area contributed by atoms with Gasteiger partial charge >= 0.3 is 5.97 Å². The summed E-state index contributed by atoms with van der Waals surface area (Å²) >= 11 is 12.5. The van der Waals surface area contributed by atoms with E-state index in [4.69, 9.17) is 38.4 Å². The molecular formula is C21H15Cl2NO3. The van der Waals surface area contributed by atoms with Gasteiger partial charge in [0.05, 0.1) is 13.0 Å². The number of methoxy groups -OCH3 is 1. The van der Waals surface area contributed by atoms with Gasteiger partial charge in [-0.2, -0.15) is 0 Å². The molecule has 0 aromatic heterocycles. The zero-order valence-corrected chi connectivity index (χ0v) is 15.8. The molecule has 0 bridgehead atoms. The number of esters is 1. The molecule has 1 aliphatic heterocycles. The molecule has 0 radical (unpaired) electrons. The molecule has 4 rings (SSSR count). The van der Waals surface area contributed by atoms with Crippen molar-refractivity contribution >= 4 is 39.9 Å². The number of hydrogen-bond acceptors (Lipinski definition) is 4. The van der Waals surface area contributed by atoms with Gasteiger partial charge in [0, 0.05) is 21.0 Å². The minimum absolute atomic E-state index is 0.00159. The lowest BCUT2D eigenvalue weighted by atomic mass is 9.82. The Morgan fingerprint density at radius 2 is 1.81 bits per heavy atom. The molecule has 27 heavy (non-hydrogen) atoms. The Labute approximate surface area is 166 Å². The van der Waals surface area contributed by atoms with Crippen LogP contribution in [0.1, 0.15) is 17.0 Å². The fourth-order valence-corrected chi connectivity index (χ4v) is 3.97. The number of hydrogen-bond donors (Lipinski definition) is 1. The van der Waals surface area contributed by atoms with Crippen molar-refractivity contribution in [2.45, 2.75) is 5.92 Å². The molecular weight excluding hydrogens is 385 g/mol. The first-order valence-corrected chi connectivity index (χ1v) is 8.99. The maximum atomic E-state index is 12.5. The fourth-order valence-electron chi connectivity index (χ4n) is 3.45. The minimum atomic E-state index is -0.567. The van der Waals surface area contributed by atoms with Crippen molar-refractivity contribution in [2.24, 2.45) is 5.73 Å². The number of fused-ring (bicyclic) bond motifs is 3. The van der Waals surface area contributed by atoms with Crippen LogP contribution in [0.15, 0.2) is 66.1 Å². The number of nitrogens with two attached hydrogens (primary N) is 1. The average Bonchev–Trinajstić information content (AvgIpc) is 2.66. The lowest BCUT2D eigenvalue weighted by molar-refractivity contribution is -0.136. The van der Waals surface area contributed by atoms with Crippen molar-refractivity contribution in [3.63, 3.8) is 0 Å². The number of carbonyl (C=O) groups excluding carboxylic acids is 1. The van der Waals surface area contributed by atoms with E-state index in [1.807, 2.05) is 36.4 Å². The van der Waals surface area contributed by atoms with Crippen molar-refractivity contribution in [3.8, 4) is 5.75 Å². The summed E-state index contributed by atoms with van der Waals surface area (Å²) in [6.45, 7) is 0. The smallest absolute Gasteiger partial charge is 0.340 e. The quantitative estimate of drug-likeness (QED) is 0.614. The normalized spacial score (nSPS) is 16.0. The van der Waals surface area contributed by atoms with E-state index >= 15 is 0 Å². The third kappa shape index (κ3) is 2.91. The van der Waals surface area contributed by atoms with Crippen LogP contribution in [0.5, 0.6) is 5.75 Å². The van der Waals surface area contributed by atoms with Gasteiger partial charge in [-0.15, -0.1) is 0 Å². The summed E-state index contributed by atoms with van der Waals surface area (Å²) in [5.41, 5.74) is 7.85. The molecule has 3 aromatic carbocycles. The van der Waals surface area contributed by atoms with Crippen molar-refractivity contribution in [1.29, 1.82) is 0 Å². The third-order valence-corrected chi connectivity index (χ3v) is 5.23. The standard InChI is InChI=1S/C21H15Cl2NO3/c1-26-21(25)18-17(14-9-7-12(22)10-16(14)23)15-8-6-11-4-2-3-5-13(11)19(15)27-20(18)24/h2-10,17H,24H2,1H3. The van der Waals surface area contributed by atoms with Gasteiger partial charge in [-0.3, -0.25) is 0 Å². The molecule has 0 amide bonds. The van der Waals surface area contributed by atoms with Crippen molar-refractivity contribution in [2.75, 3.05) is 7.11 Å². The van der Waals surface area contributed by atoms with E-state index in [1.54, 1.807) is 18.2 Å². The summed E-state index contributed by atoms with van der Waals surface area (Å²) in [4.78, 5) is 12.5. The Kier molecular flexibility index (Phi) is 4.46. The molecule has 136 valence electrons. The van der Waals surface area contributed by atoms with E-state index in [0.29, 0.717) is 21.4 Å². The molecule has 1 atom stereocenters. The molecule has 1 unspecified atom stereocenters. The zero-order valence-electron chi connectivity index (χ0n) is 14.3. The number of benzene rings is 3. The van der Waals surface area contributed by atoms with Crippen LogP contribution in [0, 0.1) is 0 Å². The van der Waals surface area contributed by atoms with Crippen LogP contribution >= 0.6 is 23.2 Å². The topological polar surface area (TPSA) is 61.5 Å². The first-order valence-electron chi connectivity index (χ1n) is 8.23. The molecule has 6 heteroatoms. The molecule has 0 saturated heterocycles. The van der Waals surface area contributed by atoms with Gasteiger partial charge in [0.1, 0.15) is 11.3 Å². The molecule has 1 aliphatic rings. The van der Waals surface area contributed by atoms with Crippen LogP contribution in [0.2, 0.25) is 10.0 Å². The first-order chi connectivity index (χ1) is 13.0. The Morgan fingerprint density at radius 1 is 1.07 bits per heavy atom. The van der Waals surface area contributed by atoms with Crippen LogP contribution in [0.25, 0.3) is 10.8 Å².